The average Bonchev–Trinajstić information content (AvgIpc) is 2.66. The van der Waals surface area contributed by atoms with E-state index in [9.17, 15) is 14.0 Å². The Kier molecular flexibility index (Phi) is 5.63. The molecule has 1 N–H and O–H groups in total. The van der Waals surface area contributed by atoms with Crippen LogP contribution in [0.5, 0.6) is 0 Å². The van der Waals surface area contributed by atoms with Gasteiger partial charge in [-0.05, 0) is 23.6 Å². The molecule has 0 fully saturated rings. The number of amides is 1. The maximum absolute atomic E-state index is 13.7. The van der Waals surface area contributed by atoms with Gasteiger partial charge >= 0.3 is 5.97 Å². The zero-order chi connectivity index (χ0) is 18.5. The van der Waals surface area contributed by atoms with Gasteiger partial charge in [-0.15, -0.1) is 0 Å². The lowest BCUT2D eigenvalue weighted by molar-refractivity contribution is -0.148. The van der Waals surface area contributed by atoms with Crippen LogP contribution in [0.4, 0.5) is 4.39 Å². The van der Waals surface area contributed by atoms with Crippen LogP contribution in [0.3, 0.4) is 0 Å². The van der Waals surface area contributed by atoms with Crippen molar-refractivity contribution in [2.75, 3.05) is 13.7 Å². The fourth-order valence-electron chi connectivity index (χ4n) is 3.19. The van der Waals surface area contributed by atoms with Crippen LogP contribution in [0.25, 0.3) is 0 Å². The van der Waals surface area contributed by atoms with Crippen molar-refractivity contribution in [3.05, 3.63) is 71.0 Å². The summed E-state index contributed by atoms with van der Waals surface area (Å²) in [4.78, 5) is 26.3. The minimum atomic E-state index is -0.505. The first kappa shape index (κ1) is 18.1. The Balaban J connectivity index is 1.67. The van der Waals surface area contributed by atoms with Crippen molar-refractivity contribution in [3.8, 4) is 0 Å². The van der Waals surface area contributed by atoms with E-state index in [1.54, 1.807) is 23.1 Å². The monoisotopic (exact) mass is 356 g/mol. The van der Waals surface area contributed by atoms with Crippen LogP contribution >= 0.6 is 0 Å². The van der Waals surface area contributed by atoms with Crippen LogP contribution in [-0.4, -0.2) is 36.5 Å². The standard InChI is InChI=1S/C20H21FN2O3/c1-26-20(25)18-10-14-6-2-3-8-16(14)12-23(18)13-19(24)22-11-15-7-4-5-9-17(15)21/h2-9,18H,10-13H2,1H3,(H,22,24)/t18-/m1/s1. The summed E-state index contributed by atoms with van der Waals surface area (Å²) in [6, 6.07) is 13.7. The van der Waals surface area contributed by atoms with E-state index in [0.717, 1.165) is 11.1 Å². The van der Waals surface area contributed by atoms with Crippen molar-refractivity contribution >= 4 is 11.9 Å². The minimum Gasteiger partial charge on any atom is -0.468 e. The number of methoxy groups -OCH3 is 1. The molecule has 1 aliphatic rings. The first-order chi connectivity index (χ1) is 12.6. The Morgan fingerprint density at radius 2 is 1.85 bits per heavy atom. The molecule has 1 aliphatic heterocycles. The smallest absolute Gasteiger partial charge is 0.323 e. The summed E-state index contributed by atoms with van der Waals surface area (Å²) < 4.78 is 18.6. The second-order valence-corrected chi connectivity index (χ2v) is 6.28. The Morgan fingerprint density at radius 3 is 2.58 bits per heavy atom. The van der Waals surface area contributed by atoms with Crippen LogP contribution in [-0.2, 0) is 33.8 Å². The lowest BCUT2D eigenvalue weighted by Crippen LogP contribution is -2.49. The molecule has 26 heavy (non-hydrogen) atoms. The van der Waals surface area contributed by atoms with Gasteiger partial charge in [-0.3, -0.25) is 14.5 Å². The van der Waals surface area contributed by atoms with E-state index in [1.807, 2.05) is 24.3 Å². The van der Waals surface area contributed by atoms with Gasteiger partial charge in [-0.1, -0.05) is 42.5 Å². The number of nitrogens with zero attached hydrogens (tertiary/aromatic N) is 1. The maximum Gasteiger partial charge on any atom is 0.323 e. The third kappa shape index (κ3) is 4.08. The summed E-state index contributed by atoms with van der Waals surface area (Å²) in [6.45, 7) is 0.643. The number of rotatable bonds is 5. The van der Waals surface area contributed by atoms with Crippen LogP contribution in [0, 0.1) is 5.82 Å². The van der Waals surface area contributed by atoms with E-state index >= 15 is 0 Å². The van der Waals surface area contributed by atoms with Crippen LogP contribution in [0.1, 0.15) is 16.7 Å². The van der Waals surface area contributed by atoms with Crippen molar-refractivity contribution in [2.45, 2.75) is 25.6 Å². The molecule has 1 heterocycles. The normalized spacial score (nSPS) is 16.6. The molecule has 136 valence electrons. The van der Waals surface area contributed by atoms with Gasteiger partial charge in [0, 0.05) is 18.7 Å². The number of halogens is 1. The van der Waals surface area contributed by atoms with E-state index < -0.39 is 6.04 Å². The SMILES string of the molecule is COC(=O)[C@H]1Cc2ccccc2CN1CC(=O)NCc1ccccc1F. The predicted octanol–water partition coefficient (Wildman–Crippen LogP) is 2.04. The number of fused-ring (bicyclic) bond motifs is 1. The van der Waals surface area contributed by atoms with Crippen molar-refractivity contribution in [1.29, 1.82) is 0 Å². The quantitative estimate of drug-likeness (QED) is 0.833. The number of nitrogens with one attached hydrogen (secondary N) is 1. The molecule has 0 saturated carbocycles. The summed E-state index contributed by atoms with van der Waals surface area (Å²) in [6.07, 6.45) is 0.503. The molecule has 6 heteroatoms. The first-order valence-corrected chi connectivity index (χ1v) is 8.47. The number of carbonyl (C=O) groups excluding carboxylic acids is 2. The lowest BCUT2D eigenvalue weighted by Gasteiger charge is -2.34. The molecule has 0 spiro atoms. The molecule has 0 saturated heterocycles. The van der Waals surface area contributed by atoms with Gasteiger partial charge in [-0.25, -0.2) is 4.39 Å². The van der Waals surface area contributed by atoms with Gasteiger partial charge < -0.3 is 10.1 Å². The molecule has 2 aromatic carbocycles. The number of benzene rings is 2. The molecule has 0 unspecified atom stereocenters. The molecule has 1 amide bonds. The highest BCUT2D eigenvalue weighted by Gasteiger charge is 2.33. The summed E-state index contributed by atoms with van der Waals surface area (Å²) in [5.74, 6) is -0.977. The van der Waals surface area contributed by atoms with Crippen molar-refractivity contribution < 1.29 is 18.7 Å². The molecule has 3 rings (SSSR count). The highest BCUT2D eigenvalue weighted by Crippen LogP contribution is 2.23. The predicted molar refractivity (Wildman–Crippen MR) is 94.6 cm³/mol. The van der Waals surface area contributed by atoms with Gasteiger partial charge in [0.2, 0.25) is 5.91 Å². The zero-order valence-corrected chi connectivity index (χ0v) is 14.6. The van der Waals surface area contributed by atoms with Gasteiger partial charge in [0.1, 0.15) is 11.9 Å². The van der Waals surface area contributed by atoms with E-state index in [2.05, 4.69) is 5.32 Å². The maximum atomic E-state index is 13.7. The third-order valence-electron chi connectivity index (χ3n) is 4.60. The second kappa shape index (κ2) is 8.10. The molecular formula is C20H21FN2O3. The summed E-state index contributed by atoms with van der Waals surface area (Å²) in [7, 11) is 1.35. The molecular weight excluding hydrogens is 335 g/mol. The Labute approximate surface area is 151 Å². The van der Waals surface area contributed by atoms with Gasteiger partial charge in [0.15, 0.2) is 0 Å². The van der Waals surface area contributed by atoms with E-state index in [1.165, 1.54) is 13.2 Å². The largest absolute Gasteiger partial charge is 0.468 e. The molecule has 0 bridgehead atoms. The average molecular weight is 356 g/mol. The first-order valence-electron chi connectivity index (χ1n) is 8.47. The van der Waals surface area contributed by atoms with Crippen LogP contribution < -0.4 is 5.32 Å². The third-order valence-corrected chi connectivity index (χ3v) is 4.60. The highest BCUT2D eigenvalue weighted by atomic mass is 19.1. The Morgan fingerprint density at radius 1 is 1.15 bits per heavy atom. The van der Waals surface area contributed by atoms with Gasteiger partial charge in [-0.2, -0.15) is 0 Å². The summed E-state index contributed by atoms with van der Waals surface area (Å²) in [5, 5.41) is 2.72. The number of esters is 1. The zero-order valence-electron chi connectivity index (χ0n) is 14.6. The lowest BCUT2D eigenvalue weighted by atomic mass is 9.94. The van der Waals surface area contributed by atoms with Crippen molar-refractivity contribution in [1.82, 2.24) is 10.2 Å². The van der Waals surface area contributed by atoms with Gasteiger partial charge in [0.25, 0.3) is 0 Å². The Hall–Kier alpha value is -2.73. The summed E-state index contributed by atoms with van der Waals surface area (Å²) in [5.41, 5.74) is 2.61. The van der Waals surface area contributed by atoms with E-state index in [-0.39, 0.29) is 30.8 Å². The van der Waals surface area contributed by atoms with Crippen LogP contribution in [0.15, 0.2) is 48.5 Å². The van der Waals surface area contributed by atoms with Gasteiger partial charge in [0.05, 0.1) is 13.7 Å². The molecule has 0 aliphatic carbocycles. The number of carbonyl (C=O) groups is 2. The second-order valence-electron chi connectivity index (χ2n) is 6.28. The molecule has 5 nitrogen and oxygen atoms in total. The number of hydrogen-bond acceptors (Lipinski definition) is 4. The van der Waals surface area contributed by atoms with Crippen molar-refractivity contribution in [2.24, 2.45) is 0 Å². The fourth-order valence-corrected chi connectivity index (χ4v) is 3.19. The van der Waals surface area contributed by atoms with E-state index in [0.29, 0.717) is 18.5 Å². The number of hydrogen-bond donors (Lipinski definition) is 1. The molecule has 1 atom stereocenters. The summed E-state index contributed by atoms with van der Waals surface area (Å²) >= 11 is 0. The van der Waals surface area contributed by atoms with Crippen molar-refractivity contribution in [3.63, 3.8) is 0 Å². The number of ether oxygens (including phenoxy) is 1. The van der Waals surface area contributed by atoms with E-state index in [4.69, 9.17) is 4.74 Å². The molecule has 0 aromatic heterocycles. The highest BCUT2D eigenvalue weighted by molar-refractivity contribution is 5.81. The fraction of sp³-hybridized carbons (Fsp3) is 0.300. The minimum absolute atomic E-state index is 0.0442. The topological polar surface area (TPSA) is 58.6 Å². The Bertz CT molecular complexity index is 809. The molecule has 0 radical (unpaired) electrons. The van der Waals surface area contributed by atoms with Crippen LogP contribution in [0.2, 0.25) is 0 Å². The molecule has 2 aromatic rings.